The molecule has 6 rings (SSSR count). The third kappa shape index (κ3) is 10.1. The number of alkyl carbamates (subject to hydrolysis) is 2. The lowest BCUT2D eigenvalue weighted by Gasteiger charge is -2.32. The van der Waals surface area contributed by atoms with Crippen LogP contribution in [0.3, 0.4) is 0 Å². The molecule has 16 nitrogen and oxygen atoms in total. The first kappa shape index (κ1) is 40.4. The van der Waals surface area contributed by atoms with E-state index >= 15 is 0 Å². The average molecular weight is 777 g/mol. The standard InChI is InChI=1S/C40H52N6O10/c1-53-39(51)43-33(27-13-19-55-20-14-27)37(49)45-17-11-29(23-45)35(47)41-31-7-3-25(4-8-31)26-5-9-32(10-6-26)42-36(48)30-12-18-46(24-30)38(50)34(44-40(52)54-2)28-15-21-56-22-16-28/h3-10,27-30,33-34H,11-24H2,1-2H3,(H,41,47)(H,42,48)(H,43,51)(H,44,52)/t29-,30+,33+,34-. The Morgan fingerprint density at radius 1 is 0.571 bits per heavy atom. The van der Waals surface area contributed by atoms with Crippen molar-refractivity contribution in [1.82, 2.24) is 20.4 Å². The second kappa shape index (κ2) is 19.1. The van der Waals surface area contributed by atoms with Crippen LogP contribution in [0, 0.1) is 23.7 Å². The van der Waals surface area contributed by atoms with Crippen LogP contribution in [-0.2, 0) is 38.1 Å². The van der Waals surface area contributed by atoms with Crippen molar-refractivity contribution in [3.05, 3.63) is 48.5 Å². The number of rotatable bonds is 11. The zero-order valence-corrected chi connectivity index (χ0v) is 32.0. The number of carbonyl (C=O) groups is 6. The summed E-state index contributed by atoms with van der Waals surface area (Å²) in [5, 5.41) is 11.4. The molecule has 0 radical (unpaired) electrons. The van der Waals surface area contributed by atoms with Gasteiger partial charge in [0, 0.05) is 64.0 Å². The summed E-state index contributed by atoms with van der Waals surface area (Å²) in [6.07, 6.45) is 2.30. The zero-order chi connectivity index (χ0) is 39.6. The monoisotopic (exact) mass is 776 g/mol. The van der Waals surface area contributed by atoms with Gasteiger partial charge in [0.2, 0.25) is 23.6 Å². The van der Waals surface area contributed by atoms with Crippen LogP contribution in [-0.4, -0.2) is 125 Å². The van der Waals surface area contributed by atoms with Crippen molar-refractivity contribution < 1.29 is 47.7 Å². The van der Waals surface area contributed by atoms with E-state index < -0.39 is 24.3 Å². The Hall–Kier alpha value is -5.22. The minimum Gasteiger partial charge on any atom is -0.453 e. The van der Waals surface area contributed by atoms with Crippen molar-refractivity contribution in [1.29, 1.82) is 0 Å². The summed E-state index contributed by atoms with van der Waals surface area (Å²) in [6, 6.07) is 13.4. The third-order valence-corrected chi connectivity index (χ3v) is 11.3. The number of benzene rings is 2. The van der Waals surface area contributed by atoms with Gasteiger partial charge in [-0.25, -0.2) is 9.59 Å². The molecular formula is C40H52N6O10. The largest absolute Gasteiger partial charge is 0.453 e. The fraction of sp³-hybridized carbons (Fsp3) is 0.550. The summed E-state index contributed by atoms with van der Waals surface area (Å²) < 4.78 is 20.4. The molecule has 4 fully saturated rings. The van der Waals surface area contributed by atoms with Crippen molar-refractivity contribution >= 4 is 47.2 Å². The summed E-state index contributed by atoms with van der Waals surface area (Å²) in [5.41, 5.74) is 3.09. The summed E-state index contributed by atoms with van der Waals surface area (Å²) in [4.78, 5) is 80.8. The fourth-order valence-electron chi connectivity index (χ4n) is 7.96. The highest BCUT2D eigenvalue weighted by atomic mass is 16.5. The van der Waals surface area contributed by atoms with E-state index in [-0.39, 0.29) is 60.4 Å². The minimum absolute atomic E-state index is 0.0699. The van der Waals surface area contributed by atoms with Crippen molar-refractivity contribution in [2.24, 2.45) is 23.7 Å². The SMILES string of the molecule is COC(=O)N[C@H](C(=O)N1CC[C@@H](C(=O)Nc2ccc(-c3ccc(NC(=O)[C@H]4CCN(C(=O)[C@H](NC(=O)OC)C5CCOCC5)C4)cc3)cc2)C1)C1CCOCC1. The molecule has 2 aromatic rings. The van der Waals surface area contributed by atoms with Gasteiger partial charge >= 0.3 is 12.2 Å². The second-order valence-corrected chi connectivity index (χ2v) is 14.8. The zero-order valence-electron chi connectivity index (χ0n) is 32.0. The minimum atomic E-state index is -0.735. The Kier molecular flexibility index (Phi) is 13.8. The van der Waals surface area contributed by atoms with Gasteiger partial charge in [0.15, 0.2) is 0 Å². The topological polar surface area (TPSA) is 194 Å². The molecule has 4 aliphatic rings. The van der Waals surface area contributed by atoms with Gasteiger partial charge in [-0.05, 0) is 85.8 Å². The van der Waals surface area contributed by atoms with Crippen LogP contribution in [0.1, 0.15) is 38.5 Å². The molecule has 0 aliphatic carbocycles. The summed E-state index contributed by atoms with van der Waals surface area (Å²) in [6.45, 7) is 3.45. The number of nitrogens with zero attached hydrogens (tertiary/aromatic N) is 2. The number of hydrogen-bond donors (Lipinski definition) is 4. The summed E-state index contributed by atoms with van der Waals surface area (Å²) >= 11 is 0. The van der Waals surface area contributed by atoms with Crippen LogP contribution in [0.25, 0.3) is 11.1 Å². The lowest BCUT2D eigenvalue weighted by Crippen LogP contribution is -2.53. The van der Waals surface area contributed by atoms with Crippen LogP contribution in [0.2, 0.25) is 0 Å². The smallest absolute Gasteiger partial charge is 0.407 e. The Bertz CT molecular complexity index is 1590. The van der Waals surface area contributed by atoms with Gasteiger partial charge in [-0.1, -0.05) is 24.3 Å². The van der Waals surface area contributed by atoms with E-state index in [0.717, 1.165) is 11.1 Å². The third-order valence-electron chi connectivity index (χ3n) is 11.3. The number of likely N-dealkylation sites (tertiary alicyclic amines) is 2. The molecule has 6 amide bonds. The fourth-order valence-corrected chi connectivity index (χ4v) is 7.96. The molecule has 302 valence electrons. The molecule has 4 atom stereocenters. The Morgan fingerprint density at radius 3 is 1.27 bits per heavy atom. The molecule has 0 spiro atoms. The maximum absolute atomic E-state index is 13.5. The molecule has 0 unspecified atom stereocenters. The highest BCUT2D eigenvalue weighted by Crippen LogP contribution is 2.28. The molecular weight excluding hydrogens is 724 g/mol. The number of ether oxygens (including phenoxy) is 4. The van der Waals surface area contributed by atoms with E-state index in [9.17, 15) is 28.8 Å². The Morgan fingerprint density at radius 2 is 0.929 bits per heavy atom. The van der Waals surface area contributed by atoms with Crippen molar-refractivity contribution in [2.45, 2.75) is 50.6 Å². The van der Waals surface area contributed by atoms with E-state index in [4.69, 9.17) is 18.9 Å². The normalized spacial score (nSPS) is 21.4. The molecule has 56 heavy (non-hydrogen) atoms. The number of carbonyl (C=O) groups excluding carboxylic acids is 6. The quantitative estimate of drug-likeness (QED) is 0.263. The van der Waals surface area contributed by atoms with Crippen molar-refractivity contribution in [3.63, 3.8) is 0 Å². The first-order valence-corrected chi connectivity index (χ1v) is 19.4. The van der Waals surface area contributed by atoms with E-state index in [2.05, 4.69) is 21.3 Å². The van der Waals surface area contributed by atoms with Crippen LogP contribution in [0.15, 0.2) is 48.5 Å². The maximum Gasteiger partial charge on any atom is 0.407 e. The molecule has 4 heterocycles. The first-order chi connectivity index (χ1) is 27.1. The Labute approximate surface area is 326 Å². The lowest BCUT2D eigenvalue weighted by molar-refractivity contribution is -0.135. The van der Waals surface area contributed by atoms with Gasteiger partial charge in [-0.3, -0.25) is 19.2 Å². The molecule has 4 N–H and O–H groups in total. The lowest BCUT2D eigenvalue weighted by atomic mass is 9.91. The molecule has 0 bridgehead atoms. The predicted octanol–water partition coefficient (Wildman–Crippen LogP) is 3.23. The highest BCUT2D eigenvalue weighted by molar-refractivity contribution is 5.95. The highest BCUT2D eigenvalue weighted by Gasteiger charge is 2.40. The molecule has 4 saturated heterocycles. The van der Waals surface area contributed by atoms with E-state index in [0.29, 0.717) is 89.4 Å². The Balaban J connectivity index is 0.975. The van der Waals surface area contributed by atoms with Gasteiger partial charge in [-0.15, -0.1) is 0 Å². The molecule has 4 aliphatic heterocycles. The van der Waals surface area contributed by atoms with Gasteiger partial charge < -0.3 is 50.0 Å². The van der Waals surface area contributed by atoms with Crippen LogP contribution in [0.5, 0.6) is 0 Å². The number of nitrogens with one attached hydrogen (secondary N) is 4. The van der Waals surface area contributed by atoms with Gasteiger partial charge in [0.05, 0.1) is 26.1 Å². The average Bonchev–Trinajstić information content (AvgIpc) is 3.94. The van der Waals surface area contributed by atoms with Crippen LogP contribution >= 0.6 is 0 Å². The van der Waals surface area contributed by atoms with E-state index in [1.165, 1.54) is 14.2 Å². The second-order valence-electron chi connectivity index (χ2n) is 14.8. The maximum atomic E-state index is 13.5. The number of methoxy groups -OCH3 is 2. The van der Waals surface area contributed by atoms with Crippen LogP contribution in [0.4, 0.5) is 21.0 Å². The molecule has 0 saturated carbocycles. The number of hydrogen-bond acceptors (Lipinski definition) is 10. The van der Waals surface area contributed by atoms with Gasteiger partial charge in [0.25, 0.3) is 0 Å². The number of amides is 6. The predicted molar refractivity (Wildman–Crippen MR) is 204 cm³/mol. The summed E-state index contributed by atoms with van der Waals surface area (Å²) in [5.74, 6) is -1.70. The van der Waals surface area contributed by atoms with E-state index in [1.54, 1.807) is 9.80 Å². The molecule has 16 heteroatoms. The van der Waals surface area contributed by atoms with Crippen LogP contribution < -0.4 is 21.3 Å². The molecule has 2 aromatic carbocycles. The van der Waals surface area contributed by atoms with Gasteiger partial charge in [-0.2, -0.15) is 0 Å². The van der Waals surface area contributed by atoms with Crippen molar-refractivity contribution in [2.75, 3.05) is 77.5 Å². The first-order valence-electron chi connectivity index (χ1n) is 19.4. The number of anilines is 2. The van der Waals surface area contributed by atoms with E-state index in [1.807, 2.05) is 48.5 Å². The summed E-state index contributed by atoms with van der Waals surface area (Å²) in [7, 11) is 2.53. The van der Waals surface area contributed by atoms with Crippen molar-refractivity contribution in [3.8, 4) is 11.1 Å². The van der Waals surface area contributed by atoms with Gasteiger partial charge in [0.1, 0.15) is 12.1 Å². The molecule has 0 aromatic heterocycles.